The van der Waals surface area contributed by atoms with E-state index in [4.69, 9.17) is 9.84 Å². The molecule has 0 radical (unpaired) electrons. The fourth-order valence-corrected chi connectivity index (χ4v) is 4.19. The van der Waals surface area contributed by atoms with Crippen molar-refractivity contribution in [1.82, 2.24) is 10.6 Å². The van der Waals surface area contributed by atoms with Gasteiger partial charge >= 0.3 is 12.1 Å². The number of carboxylic acid groups (broad SMARTS) is 1. The highest BCUT2D eigenvalue weighted by Crippen LogP contribution is 2.44. The number of rotatable bonds is 11. The number of carbonyl (C=O) groups excluding carboxylic acids is 2. The summed E-state index contributed by atoms with van der Waals surface area (Å²) in [5, 5.41) is 14.4. The number of amides is 2. The molecule has 0 unspecified atom stereocenters. The highest BCUT2D eigenvalue weighted by atomic mass is 16.5. The standard InChI is InChI=1S/C26H32N2O5/c1-17(2)24(25(30)31)28-23(29)14-4-3-9-15-27-26(32)33-16-22-20-12-7-5-10-18(20)19-11-6-8-13-21(19)22/h5-8,10-13,17,22,24H,3-4,9,14-16H2,1-2H3,(H,27,32)(H,28,29)(H,30,31)/t24-/m0/s1. The maximum atomic E-state index is 12.2. The molecule has 0 saturated heterocycles. The number of carboxylic acids is 1. The zero-order valence-electron chi connectivity index (χ0n) is 19.2. The van der Waals surface area contributed by atoms with E-state index in [0.717, 1.165) is 6.42 Å². The fraction of sp³-hybridized carbons (Fsp3) is 0.423. The van der Waals surface area contributed by atoms with Gasteiger partial charge in [0, 0.05) is 18.9 Å². The van der Waals surface area contributed by atoms with Crippen molar-refractivity contribution in [3.63, 3.8) is 0 Å². The Morgan fingerprint density at radius 1 is 0.939 bits per heavy atom. The van der Waals surface area contributed by atoms with Gasteiger partial charge in [0.1, 0.15) is 12.6 Å². The number of hydrogen-bond donors (Lipinski definition) is 3. The van der Waals surface area contributed by atoms with Crippen molar-refractivity contribution >= 4 is 18.0 Å². The van der Waals surface area contributed by atoms with Crippen LogP contribution in [-0.4, -0.2) is 42.3 Å². The third-order valence-electron chi connectivity index (χ3n) is 5.94. The SMILES string of the molecule is CC(C)[C@H](NC(=O)CCCCCNC(=O)OCC1c2ccccc2-c2ccccc21)C(=O)O. The number of ether oxygens (including phenoxy) is 1. The van der Waals surface area contributed by atoms with Gasteiger partial charge in [0.25, 0.3) is 0 Å². The van der Waals surface area contributed by atoms with Crippen LogP contribution in [0.4, 0.5) is 4.79 Å². The Labute approximate surface area is 194 Å². The average molecular weight is 453 g/mol. The number of nitrogens with one attached hydrogen (secondary N) is 2. The summed E-state index contributed by atoms with van der Waals surface area (Å²) in [6, 6.07) is 15.5. The van der Waals surface area contributed by atoms with E-state index in [2.05, 4.69) is 34.9 Å². The number of hydrogen-bond acceptors (Lipinski definition) is 4. The van der Waals surface area contributed by atoms with E-state index in [1.165, 1.54) is 22.3 Å². The third kappa shape index (κ3) is 6.34. The Bertz CT molecular complexity index is 943. The molecule has 0 bridgehead atoms. The molecule has 2 aromatic carbocycles. The molecule has 1 aliphatic carbocycles. The van der Waals surface area contributed by atoms with Gasteiger partial charge < -0.3 is 20.5 Å². The van der Waals surface area contributed by atoms with Crippen molar-refractivity contribution in [2.45, 2.75) is 51.5 Å². The van der Waals surface area contributed by atoms with E-state index in [0.29, 0.717) is 19.4 Å². The number of alkyl carbamates (subject to hydrolysis) is 1. The van der Waals surface area contributed by atoms with Crippen LogP contribution in [0.5, 0.6) is 0 Å². The Morgan fingerprint density at radius 2 is 1.55 bits per heavy atom. The molecule has 1 aliphatic rings. The molecule has 0 saturated carbocycles. The highest BCUT2D eigenvalue weighted by molar-refractivity contribution is 5.83. The van der Waals surface area contributed by atoms with E-state index < -0.39 is 18.1 Å². The summed E-state index contributed by atoms with van der Waals surface area (Å²) in [7, 11) is 0. The molecule has 7 nitrogen and oxygen atoms in total. The molecule has 2 amide bonds. The topological polar surface area (TPSA) is 105 Å². The highest BCUT2D eigenvalue weighted by Gasteiger charge is 2.29. The first kappa shape index (κ1) is 24.3. The lowest BCUT2D eigenvalue weighted by Crippen LogP contribution is -2.44. The molecule has 0 fully saturated rings. The summed E-state index contributed by atoms with van der Waals surface area (Å²) in [4.78, 5) is 35.2. The lowest BCUT2D eigenvalue weighted by Gasteiger charge is -2.17. The predicted octanol–water partition coefficient (Wildman–Crippen LogP) is 4.31. The normalized spacial score (nSPS) is 13.2. The van der Waals surface area contributed by atoms with Gasteiger partial charge in [-0.2, -0.15) is 0 Å². The molecule has 2 aromatic rings. The Kier molecular flexibility index (Phi) is 8.46. The Balaban J connectivity index is 1.34. The van der Waals surface area contributed by atoms with E-state index >= 15 is 0 Å². The van der Waals surface area contributed by atoms with E-state index in [9.17, 15) is 14.4 Å². The molecule has 3 rings (SSSR count). The van der Waals surface area contributed by atoms with Crippen LogP contribution in [0.1, 0.15) is 56.6 Å². The molecule has 0 spiro atoms. The molecular weight excluding hydrogens is 420 g/mol. The molecule has 0 aliphatic heterocycles. The number of aliphatic carboxylic acids is 1. The molecule has 0 aromatic heterocycles. The van der Waals surface area contributed by atoms with Gasteiger partial charge in [-0.1, -0.05) is 68.8 Å². The zero-order valence-corrected chi connectivity index (χ0v) is 19.2. The first-order valence-electron chi connectivity index (χ1n) is 11.5. The molecule has 1 atom stereocenters. The van der Waals surface area contributed by atoms with Crippen molar-refractivity contribution in [3.05, 3.63) is 59.7 Å². The molecule has 7 heteroatoms. The fourth-order valence-electron chi connectivity index (χ4n) is 4.19. The van der Waals surface area contributed by atoms with Crippen LogP contribution < -0.4 is 10.6 Å². The van der Waals surface area contributed by atoms with Crippen LogP contribution in [0.2, 0.25) is 0 Å². The van der Waals surface area contributed by atoms with Gasteiger partial charge in [-0.05, 0) is 41.0 Å². The first-order chi connectivity index (χ1) is 15.9. The van der Waals surface area contributed by atoms with Crippen LogP contribution in [0.25, 0.3) is 11.1 Å². The van der Waals surface area contributed by atoms with Crippen molar-refractivity contribution in [2.75, 3.05) is 13.2 Å². The van der Waals surface area contributed by atoms with E-state index in [1.54, 1.807) is 13.8 Å². The van der Waals surface area contributed by atoms with Gasteiger partial charge in [-0.15, -0.1) is 0 Å². The summed E-state index contributed by atoms with van der Waals surface area (Å²) >= 11 is 0. The van der Waals surface area contributed by atoms with Crippen LogP contribution in [0.3, 0.4) is 0 Å². The number of unbranched alkanes of at least 4 members (excludes halogenated alkanes) is 2. The second-order valence-electron chi connectivity index (χ2n) is 8.69. The van der Waals surface area contributed by atoms with Gasteiger partial charge in [0.05, 0.1) is 0 Å². The second kappa shape index (κ2) is 11.5. The van der Waals surface area contributed by atoms with Crippen LogP contribution in [0.15, 0.2) is 48.5 Å². The molecular formula is C26H32N2O5. The minimum absolute atomic E-state index is 0.0297. The van der Waals surface area contributed by atoms with Crippen LogP contribution in [-0.2, 0) is 14.3 Å². The summed E-state index contributed by atoms with van der Waals surface area (Å²) in [5.74, 6) is -1.43. The Hall–Kier alpha value is -3.35. The minimum atomic E-state index is -1.02. The monoisotopic (exact) mass is 452 g/mol. The first-order valence-corrected chi connectivity index (χ1v) is 11.5. The largest absolute Gasteiger partial charge is 0.480 e. The number of fused-ring (bicyclic) bond motifs is 3. The summed E-state index contributed by atoms with van der Waals surface area (Å²) in [6.07, 6.45) is 1.90. The maximum Gasteiger partial charge on any atom is 0.407 e. The third-order valence-corrected chi connectivity index (χ3v) is 5.94. The molecule has 0 heterocycles. The van der Waals surface area contributed by atoms with Gasteiger partial charge in [-0.25, -0.2) is 9.59 Å². The molecule has 33 heavy (non-hydrogen) atoms. The molecule has 176 valence electrons. The maximum absolute atomic E-state index is 12.2. The van der Waals surface area contributed by atoms with E-state index in [1.807, 2.05) is 24.3 Å². The van der Waals surface area contributed by atoms with Crippen LogP contribution in [0, 0.1) is 5.92 Å². The summed E-state index contributed by atoms with van der Waals surface area (Å²) in [6.45, 7) is 4.25. The summed E-state index contributed by atoms with van der Waals surface area (Å²) < 4.78 is 5.50. The van der Waals surface area contributed by atoms with Gasteiger partial charge in [0.2, 0.25) is 5.91 Å². The van der Waals surface area contributed by atoms with Crippen molar-refractivity contribution in [3.8, 4) is 11.1 Å². The Morgan fingerprint density at radius 3 is 2.12 bits per heavy atom. The lowest BCUT2D eigenvalue weighted by atomic mass is 9.98. The van der Waals surface area contributed by atoms with E-state index in [-0.39, 0.29) is 30.8 Å². The summed E-state index contributed by atoms with van der Waals surface area (Å²) in [5.41, 5.74) is 4.73. The van der Waals surface area contributed by atoms with Gasteiger partial charge in [0.15, 0.2) is 0 Å². The quantitative estimate of drug-likeness (QED) is 0.441. The predicted molar refractivity (Wildman–Crippen MR) is 126 cm³/mol. The smallest absolute Gasteiger partial charge is 0.407 e. The van der Waals surface area contributed by atoms with Crippen LogP contribution >= 0.6 is 0 Å². The second-order valence-corrected chi connectivity index (χ2v) is 8.69. The van der Waals surface area contributed by atoms with Crippen molar-refractivity contribution in [1.29, 1.82) is 0 Å². The number of carbonyl (C=O) groups is 3. The lowest BCUT2D eigenvalue weighted by molar-refractivity contribution is -0.143. The van der Waals surface area contributed by atoms with Gasteiger partial charge in [-0.3, -0.25) is 4.79 Å². The van der Waals surface area contributed by atoms with Crippen molar-refractivity contribution < 1.29 is 24.2 Å². The van der Waals surface area contributed by atoms with Crippen molar-refractivity contribution in [2.24, 2.45) is 5.92 Å². The number of benzene rings is 2. The average Bonchev–Trinajstić information content (AvgIpc) is 3.11. The molecule has 3 N–H and O–H groups in total. The minimum Gasteiger partial charge on any atom is -0.480 e. The zero-order chi connectivity index (χ0) is 23.8.